The third-order valence-corrected chi connectivity index (χ3v) is 1.81. The molecular weight excluding hydrogens is 210 g/mol. The molecule has 4 N–H and O–H groups in total. The van der Waals surface area contributed by atoms with Crippen LogP contribution in [0.4, 0.5) is 11.6 Å². The molecule has 0 atom stereocenters. The van der Waals surface area contributed by atoms with Crippen molar-refractivity contribution in [3.8, 4) is 0 Å². The number of aryl methyl sites for hydroxylation is 1. The molecule has 0 aromatic carbocycles. The van der Waals surface area contributed by atoms with Crippen molar-refractivity contribution in [3.63, 3.8) is 0 Å². The first kappa shape index (κ1) is 10.3. The minimum Gasteiger partial charge on any atom is -0.362 e. The van der Waals surface area contributed by atoms with Gasteiger partial charge in [0.25, 0.3) is 0 Å². The van der Waals surface area contributed by atoms with E-state index in [0.29, 0.717) is 29.9 Å². The SMILES string of the molecule is Cc1nc(CNc2cc(NN)ncn2)no1. The van der Waals surface area contributed by atoms with E-state index in [0.717, 1.165) is 0 Å². The van der Waals surface area contributed by atoms with Crippen LogP contribution in [0.25, 0.3) is 0 Å². The average molecular weight is 221 g/mol. The molecule has 8 nitrogen and oxygen atoms in total. The number of nitrogen functional groups attached to an aromatic ring is 1. The lowest BCUT2D eigenvalue weighted by Crippen LogP contribution is -2.10. The molecule has 0 radical (unpaired) electrons. The van der Waals surface area contributed by atoms with Gasteiger partial charge in [-0.25, -0.2) is 15.8 Å². The minimum absolute atomic E-state index is 0.429. The molecule has 0 amide bonds. The van der Waals surface area contributed by atoms with Gasteiger partial charge in [0, 0.05) is 13.0 Å². The fourth-order valence-corrected chi connectivity index (χ4v) is 1.12. The molecule has 0 fully saturated rings. The van der Waals surface area contributed by atoms with E-state index < -0.39 is 0 Å². The molecule has 0 spiro atoms. The Balaban J connectivity index is 1.99. The van der Waals surface area contributed by atoms with E-state index >= 15 is 0 Å². The van der Waals surface area contributed by atoms with Gasteiger partial charge < -0.3 is 15.3 Å². The molecular formula is C8H11N7O. The molecule has 0 unspecified atom stereocenters. The summed E-state index contributed by atoms with van der Waals surface area (Å²) in [7, 11) is 0. The highest BCUT2D eigenvalue weighted by molar-refractivity contribution is 5.45. The standard InChI is InChI=1S/C8H11N7O/c1-5-13-8(15-16-5)3-10-6-2-7(14-9)12-4-11-6/h2,4H,3,9H2,1H3,(H2,10,11,12,14). The van der Waals surface area contributed by atoms with E-state index in [1.54, 1.807) is 13.0 Å². The van der Waals surface area contributed by atoms with Gasteiger partial charge in [0.15, 0.2) is 5.82 Å². The second-order valence-corrected chi connectivity index (χ2v) is 3.02. The van der Waals surface area contributed by atoms with Crippen LogP contribution in [0.2, 0.25) is 0 Å². The van der Waals surface area contributed by atoms with Crippen molar-refractivity contribution in [2.75, 3.05) is 10.7 Å². The molecule has 0 bridgehead atoms. The van der Waals surface area contributed by atoms with Crippen LogP contribution in [0, 0.1) is 6.92 Å². The lowest BCUT2D eigenvalue weighted by atomic mass is 10.5. The van der Waals surface area contributed by atoms with Gasteiger partial charge in [0.1, 0.15) is 18.0 Å². The molecule has 0 aliphatic heterocycles. The Morgan fingerprint density at radius 1 is 1.38 bits per heavy atom. The molecule has 84 valence electrons. The quantitative estimate of drug-likeness (QED) is 0.490. The fraction of sp³-hybridized carbons (Fsp3) is 0.250. The van der Waals surface area contributed by atoms with Crippen molar-refractivity contribution < 1.29 is 4.52 Å². The molecule has 0 saturated heterocycles. The van der Waals surface area contributed by atoms with Crippen molar-refractivity contribution in [3.05, 3.63) is 24.1 Å². The second kappa shape index (κ2) is 4.53. The summed E-state index contributed by atoms with van der Waals surface area (Å²) < 4.78 is 4.83. The molecule has 8 heteroatoms. The first-order chi connectivity index (χ1) is 7.78. The summed E-state index contributed by atoms with van der Waals surface area (Å²) in [6, 6.07) is 1.67. The van der Waals surface area contributed by atoms with Crippen LogP contribution in [-0.2, 0) is 6.54 Å². The predicted octanol–water partition coefficient (Wildman–Crippen LogP) is 0.0657. The van der Waals surface area contributed by atoms with Crippen LogP contribution in [0.3, 0.4) is 0 Å². The number of nitrogens with zero attached hydrogens (tertiary/aromatic N) is 4. The van der Waals surface area contributed by atoms with E-state index in [1.807, 2.05) is 0 Å². The highest BCUT2D eigenvalue weighted by atomic mass is 16.5. The third kappa shape index (κ3) is 2.42. The highest BCUT2D eigenvalue weighted by Gasteiger charge is 2.02. The number of hydrogen-bond donors (Lipinski definition) is 3. The number of hydrogen-bond acceptors (Lipinski definition) is 8. The van der Waals surface area contributed by atoms with E-state index in [-0.39, 0.29) is 0 Å². The molecule has 2 aromatic heterocycles. The van der Waals surface area contributed by atoms with Crippen LogP contribution >= 0.6 is 0 Å². The summed E-state index contributed by atoms with van der Waals surface area (Å²) in [5, 5.41) is 6.76. The van der Waals surface area contributed by atoms with Crippen LogP contribution in [0.15, 0.2) is 16.9 Å². The van der Waals surface area contributed by atoms with Crippen LogP contribution in [0.5, 0.6) is 0 Å². The zero-order chi connectivity index (χ0) is 11.4. The van der Waals surface area contributed by atoms with Crippen molar-refractivity contribution in [1.82, 2.24) is 20.1 Å². The Bertz CT molecular complexity index is 469. The minimum atomic E-state index is 0.429. The normalized spacial score (nSPS) is 10.1. The van der Waals surface area contributed by atoms with Gasteiger partial charge in [-0.15, -0.1) is 0 Å². The zero-order valence-electron chi connectivity index (χ0n) is 8.64. The van der Waals surface area contributed by atoms with Crippen LogP contribution < -0.4 is 16.6 Å². The topological polar surface area (TPSA) is 115 Å². The van der Waals surface area contributed by atoms with Gasteiger partial charge in [-0.3, -0.25) is 0 Å². The molecule has 0 aliphatic carbocycles. The summed E-state index contributed by atoms with van der Waals surface area (Å²) in [5.74, 6) is 7.48. The lowest BCUT2D eigenvalue weighted by Gasteiger charge is -2.03. The van der Waals surface area contributed by atoms with Crippen molar-refractivity contribution >= 4 is 11.6 Å². The Morgan fingerprint density at radius 2 is 2.19 bits per heavy atom. The third-order valence-electron chi connectivity index (χ3n) is 1.81. The van der Waals surface area contributed by atoms with Gasteiger partial charge in [0.05, 0.1) is 6.54 Å². The van der Waals surface area contributed by atoms with Crippen molar-refractivity contribution in [1.29, 1.82) is 0 Å². The number of nitrogens with one attached hydrogen (secondary N) is 2. The Kier molecular flexibility index (Phi) is 2.92. The number of rotatable bonds is 4. The monoisotopic (exact) mass is 221 g/mol. The van der Waals surface area contributed by atoms with E-state index in [9.17, 15) is 0 Å². The fourth-order valence-electron chi connectivity index (χ4n) is 1.12. The van der Waals surface area contributed by atoms with Gasteiger partial charge in [-0.2, -0.15) is 4.98 Å². The Labute approximate surface area is 91.3 Å². The van der Waals surface area contributed by atoms with Gasteiger partial charge in [-0.1, -0.05) is 5.16 Å². The van der Waals surface area contributed by atoms with Gasteiger partial charge in [0.2, 0.25) is 5.89 Å². The number of aromatic nitrogens is 4. The van der Waals surface area contributed by atoms with Crippen LogP contribution in [-0.4, -0.2) is 20.1 Å². The first-order valence-electron chi connectivity index (χ1n) is 4.59. The molecule has 2 rings (SSSR count). The molecule has 16 heavy (non-hydrogen) atoms. The summed E-state index contributed by atoms with van der Waals surface area (Å²) in [5.41, 5.74) is 2.43. The molecule has 0 aliphatic rings. The maximum absolute atomic E-state index is 5.22. The van der Waals surface area contributed by atoms with E-state index in [2.05, 4.69) is 30.9 Å². The van der Waals surface area contributed by atoms with Crippen molar-refractivity contribution in [2.24, 2.45) is 5.84 Å². The molecule has 2 heterocycles. The highest BCUT2D eigenvalue weighted by Crippen LogP contribution is 2.08. The van der Waals surface area contributed by atoms with Crippen LogP contribution in [0.1, 0.15) is 11.7 Å². The summed E-state index contributed by atoms with van der Waals surface area (Å²) in [6.45, 7) is 2.16. The van der Waals surface area contributed by atoms with E-state index in [4.69, 9.17) is 10.4 Å². The lowest BCUT2D eigenvalue weighted by molar-refractivity contribution is 0.388. The second-order valence-electron chi connectivity index (χ2n) is 3.02. The van der Waals surface area contributed by atoms with Gasteiger partial charge >= 0.3 is 0 Å². The maximum Gasteiger partial charge on any atom is 0.223 e. The van der Waals surface area contributed by atoms with Gasteiger partial charge in [-0.05, 0) is 0 Å². The Morgan fingerprint density at radius 3 is 2.88 bits per heavy atom. The predicted molar refractivity (Wildman–Crippen MR) is 56.2 cm³/mol. The smallest absolute Gasteiger partial charge is 0.223 e. The molecule has 0 saturated carbocycles. The number of anilines is 2. The first-order valence-corrected chi connectivity index (χ1v) is 4.59. The summed E-state index contributed by atoms with van der Waals surface area (Å²) in [6.07, 6.45) is 1.40. The average Bonchev–Trinajstić information content (AvgIpc) is 2.73. The Hall–Kier alpha value is -2.22. The molecule has 2 aromatic rings. The summed E-state index contributed by atoms with van der Waals surface area (Å²) in [4.78, 5) is 11.9. The largest absolute Gasteiger partial charge is 0.362 e. The maximum atomic E-state index is 5.22. The van der Waals surface area contributed by atoms with Crippen molar-refractivity contribution in [2.45, 2.75) is 13.5 Å². The summed E-state index contributed by atoms with van der Waals surface area (Å²) >= 11 is 0. The van der Waals surface area contributed by atoms with E-state index in [1.165, 1.54) is 6.33 Å². The number of nitrogens with two attached hydrogens (primary N) is 1. The zero-order valence-corrected chi connectivity index (χ0v) is 8.64. The number of hydrazine groups is 1.